The van der Waals surface area contributed by atoms with Gasteiger partial charge in [0.05, 0.1) is 5.02 Å². The van der Waals surface area contributed by atoms with E-state index in [-0.39, 0.29) is 10.8 Å². The van der Waals surface area contributed by atoms with E-state index in [1.807, 2.05) is 13.1 Å². The van der Waals surface area contributed by atoms with Crippen LogP contribution >= 0.6 is 11.6 Å². The van der Waals surface area contributed by atoms with Gasteiger partial charge in [0.1, 0.15) is 5.82 Å². The monoisotopic (exact) mass is 243 g/mol. The molecule has 0 heterocycles. The molecule has 1 aromatic carbocycles. The number of rotatable bonds is 5. The molecule has 1 N–H and O–H groups in total. The molecule has 1 rings (SSSR count). The van der Waals surface area contributed by atoms with E-state index < -0.39 is 0 Å². The van der Waals surface area contributed by atoms with Crippen molar-refractivity contribution in [2.45, 2.75) is 32.7 Å². The van der Waals surface area contributed by atoms with Gasteiger partial charge in [0.15, 0.2) is 0 Å². The summed E-state index contributed by atoms with van der Waals surface area (Å²) in [6.07, 6.45) is 1.75. The minimum Gasteiger partial charge on any atom is -0.317 e. The Balaban J connectivity index is 2.82. The predicted molar refractivity (Wildman–Crippen MR) is 67.4 cm³/mol. The maximum Gasteiger partial charge on any atom is 0.144 e. The summed E-state index contributed by atoms with van der Waals surface area (Å²) in [5, 5.41) is 3.43. The van der Waals surface area contributed by atoms with E-state index in [1.165, 1.54) is 0 Å². The molecule has 1 nitrogen and oxygen atoms in total. The van der Waals surface area contributed by atoms with Gasteiger partial charge in [-0.05, 0) is 37.9 Å². The van der Waals surface area contributed by atoms with Gasteiger partial charge in [0.25, 0.3) is 0 Å². The fourth-order valence-corrected chi connectivity index (χ4v) is 2.09. The average molecular weight is 244 g/mol. The fourth-order valence-electron chi connectivity index (χ4n) is 1.90. The summed E-state index contributed by atoms with van der Waals surface area (Å²) in [5.41, 5.74) is 0.710. The van der Waals surface area contributed by atoms with Gasteiger partial charge in [-0.25, -0.2) is 4.39 Å². The third kappa shape index (κ3) is 3.19. The number of hydrogen-bond acceptors (Lipinski definition) is 1. The summed E-state index contributed by atoms with van der Waals surface area (Å²) in [7, 11) is 1.93. The lowest BCUT2D eigenvalue weighted by Gasteiger charge is -2.22. The Morgan fingerprint density at radius 3 is 2.69 bits per heavy atom. The molecule has 0 saturated carbocycles. The van der Waals surface area contributed by atoms with E-state index in [4.69, 9.17) is 11.6 Å². The van der Waals surface area contributed by atoms with Gasteiger partial charge in [-0.3, -0.25) is 0 Å². The van der Waals surface area contributed by atoms with Gasteiger partial charge in [0, 0.05) is 6.04 Å². The SMILES string of the molecule is CCC(Cc1cccc(Cl)c1F)C(C)NC. The third-order valence-electron chi connectivity index (χ3n) is 3.20. The summed E-state index contributed by atoms with van der Waals surface area (Å²) in [5.74, 6) is 0.156. The molecule has 3 heteroatoms. The van der Waals surface area contributed by atoms with Crippen molar-refractivity contribution in [2.75, 3.05) is 7.05 Å². The molecule has 1 aromatic rings. The van der Waals surface area contributed by atoms with Crippen molar-refractivity contribution in [2.24, 2.45) is 5.92 Å². The lowest BCUT2D eigenvalue weighted by molar-refractivity contribution is 0.376. The van der Waals surface area contributed by atoms with E-state index in [2.05, 4.69) is 19.2 Å². The van der Waals surface area contributed by atoms with Crippen LogP contribution in [0.1, 0.15) is 25.8 Å². The smallest absolute Gasteiger partial charge is 0.144 e. The van der Waals surface area contributed by atoms with E-state index in [9.17, 15) is 4.39 Å². The highest BCUT2D eigenvalue weighted by Crippen LogP contribution is 2.22. The summed E-state index contributed by atoms with van der Waals surface area (Å²) in [6.45, 7) is 4.25. The van der Waals surface area contributed by atoms with Crippen LogP contribution in [0.3, 0.4) is 0 Å². The van der Waals surface area contributed by atoms with Crippen molar-refractivity contribution in [1.82, 2.24) is 5.32 Å². The Hall–Kier alpha value is -0.600. The molecule has 2 unspecified atom stereocenters. The van der Waals surface area contributed by atoms with Gasteiger partial charge < -0.3 is 5.32 Å². The van der Waals surface area contributed by atoms with Crippen molar-refractivity contribution in [1.29, 1.82) is 0 Å². The fraction of sp³-hybridized carbons (Fsp3) is 0.538. The minimum absolute atomic E-state index is 0.212. The molecule has 0 aliphatic carbocycles. The highest BCUT2D eigenvalue weighted by molar-refractivity contribution is 6.30. The average Bonchev–Trinajstić information content (AvgIpc) is 2.30. The van der Waals surface area contributed by atoms with Gasteiger partial charge in [-0.2, -0.15) is 0 Å². The van der Waals surface area contributed by atoms with Crippen molar-refractivity contribution in [3.8, 4) is 0 Å². The first kappa shape index (κ1) is 13.5. The first-order valence-corrected chi connectivity index (χ1v) is 6.08. The Kier molecular flexibility index (Phi) is 5.23. The first-order valence-electron chi connectivity index (χ1n) is 5.70. The zero-order valence-corrected chi connectivity index (χ0v) is 10.8. The topological polar surface area (TPSA) is 12.0 Å². The van der Waals surface area contributed by atoms with E-state index in [0.717, 1.165) is 12.8 Å². The standard InChI is InChI=1S/C13H19ClFN/c1-4-10(9(2)16-3)8-11-6-5-7-12(14)13(11)15/h5-7,9-10,16H,4,8H2,1-3H3. The molecule has 0 amide bonds. The zero-order valence-electron chi connectivity index (χ0n) is 10.1. The molecule has 0 saturated heterocycles. The molecule has 0 bridgehead atoms. The van der Waals surface area contributed by atoms with Crippen molar-refractivity contribution < 1.29 is 4.39 Å². The van der Waals surface area contributed by atoms with E-state index in [1.54, 1.807) is 12.1 Å². The predicted octanol–water partition coefficient (Wildman–Crippen LogP) is 3.66. The van der Waals surface area contributed by atoms with Gasteiger partial charge in [0.2, 0.25) is 0 Å². The van der Waals surface area contributed by atoms with Crippen molar-refractivity contribution in [3.05, 3.63) is 34.6 Å². The van der Waals surface area contributed by atoms with Crippen molar-refractivity contribution in [3.63, 3.8) is 0 Å². The maximum absolute atomic E-state index is 13.7. The number of hydrogen-bond donors (Lipinski definition) is 1. The summed E-state index contributed by atoms with van der Waals surface area (Å²) >= 11 is 5.76. The van der Waals surface area contributed by atoms with E-state index >= 15 is 0 Å². The highest BCUT2D eigenvalue weighted by atomic mass is 35.5. The summed E-state index contributed by atoms with van der Waals surface area (Å²) in [6, 6.07) is 5.58. The van der Waals surface area contributed by atoms with Crippen LogP contribution in [-0.4, -0.2) is 13.1 Å². The lowest BCUT2D eigenvalue weighted by Crippen LogP contribution is -2.31. The number of benzene rings is 1. The van der Waals surface area contributed by atoms with Crippen LogP contribution in [0.25, 0.3) is 0 Å². The second-order valence-corrected chi connectivity index (χ2v) is 4.57. The first-order chi connectivity index (χ1) is 7.60. The summed E-state index contributed by atoms with van der Waals surface area (Å²) < 4.78 is 13.7. The van der Waals surface area contributed by atoms with Gasteiger partial charge >= 0.3 is 0 Å². The highest BCUT2D eigenvalue weighted by Gasteiger charge is 2.17. The molecule has 2 atom stereocenters. The van der Waals surface area contributed by atoms with E-state index in [0.29, 0.717) is 17.5 Å². The molecular weight excluding hydrogens is 225 g/mol. The number of nitrogens with one attached hydrogen (secondary N) is 1. The maximum atomic E-state index is 13.7. The summed E-state index contributed by atoms with van der Waals surface area (Å²) in [4.78, 5) is 0. The van der Waals surface area contributed by atoms with Crippen LogP contribution in [0.2, 0.25) is 5.02 Å². The van der Waals surface area contributed by atoms with Crippen molar-refractivity contribution >= 4 is 11.6 Å². The largest absolute Gasteiger partial charge is 0.317 e. The third-order valence-corrected chi connectivity index (χ3v) is 3.49. The quantitative estimate of drug-likeness (QED) is 0.832. The van der Waals surface area contributed by atoms with Crippen LogP contribution < -0.4 is 5.32 Å². The lowest BCUT2D eigenvalue weighted by atomic mass is 9.90. The van der Waals surface area contributed by atoms with Crippen LogP contribution in [-0.2, 0) is 6.42 Å². The Morgan fingerprint density at radius 1 is 1.44 bits per heavy atom. The Morgan fingerprint density at radius 2 is 2.12 bits per heavy atom. The Bertz CT molecular complexity index is 341. The molecular formula is C13H19ClFN. The van der Waals surface area contributed by atoms with Gasteiger partial charge in [-0.1, -0.05) is 37.1 Å². The van der Waals surface area contributed by atoms with Gasteiger partial charge in [-0.15, -0.1) is 0 Å². The number of halogens is 2. The molecule has 16 heavy (non-hydrogen) atoms. The second kappa shape index (κ2) is 6.21. The van der Waals surface area contributed by atoms with Crippen LogP contribution in [0.15, 0.2) is 18.2 Å². The van der Waals surface area contributed by atoms with Crippen LogP contribution in [0.4, 0.5) is 4.39 Å². The van der Waals surface area contributed by atoms with Crippen LogP contribution in [0, 0.1) is 11.7 Å². The molecule has 90 valence electrons. The molecule has 0 radical (unpaired) electrons. The normalized spacial score (nSPS) is 14.8. The zero-order chi connectivity index (χ0) is 12.1. The van der Waals surface area contributed by atoms with Crippen LogP contribution in [0.5, 0.6) is 0 Å². The molecule has 0 aromatic heterocycles. The molecule has 0 aliphatic heterocycles. The molecule has 0 fully saturated rings. The molecule has 0 spiro atoms. The minimum atomic E-state index is -0.272. The second-order valence-electron chi connectivity index (χ2n) is 4.16. The molecule has 0 aliphatic rings. The Labute approximate surface area is 102 Å².